The van der Waals surface area contributed by atoms with Crippen molar-refractivity contribution in [3.05, 3.63) is 114 Å². The van der Waals surface area contributed by atoms with Gasteiger partial charge in [0.25, 0.3) is 0 Å². The van der Waals surface area contributed by atoms with Gasteiger partial charge in [0, 0.05) is 41.7 Å². The molecule has 2 heterocycles. The normalized spacial score (nSPS) is 16.9. The maximum Gasteiger partial charge on any atom is 0.138 e. The molecule has 1 aliphatic carbocycles. The molecule has 0 saturated heterocycles. The van der Waals surface area contributed by atoms with Gasteiger partial charge >= 0.3 is 0 Å². The molecule has 0 amide bonds. The molecule has 1 saturated carbocycles. The third-order valence-corrected chi connectivity index (χ3v) is 7.34. The van der Waals surface area contributed by atoms with Crippen LogP contribution in [-0.4, -0.2) is 15.8 Å². The lowest BCUT2D eigenvalue weighted by Gasteiger charge is -2.40. The van der Waals surface area contributed by atoms with E-state index in [9.17, 15) is 4.79 Å². The first-order chi connectivity index (χ1) is 17.7. The van der Waals surface area contributed by atoms with E-state index in [1.54, 1.807) is 6.33 Å². The van der Waals surface area contributed by atoms with Crippen molar-refractivity contribution in [1.29, 1.82) is 0 Å². The number of aryl methyl sites for hydroxylation is 1. The van der Waals surface area contributed by atoms with Crippen molar-refractivity contribution in [3.8, 4) is 11.1 Å². The molecule has 3 aromatic carbocycles. The largest absolute Gasteiger partial charge is 0.333 e. The molecular weight excluding hydrogens is 442 g/mol. The molecule has 4 aromatic rings. The van der Waals surface area contributed by atoms with E-state index in [1.807, 2.05) is 12.4 Å². The van der Waals surface area contributed by atoms with Crippen molar-refractivity contribution >= 4 is 23.2 Å². The molecule has 0 N–H and O–H groups in total. The van der Waals surface area contributed by atoms with Crippen molar-refractivity contribution in [2.24, 2.45) is 5.92 Å². The van der Waals surface area contributed by atoms with Gasteiger partial charge < -0.3 is 4.90 Å². The Morgan fingerprint density at radius 3 is 2.25 bits per heavy atom. The maximum atomic E-state index is 13.2. The second kappa shape index (κ2) is 9.54. The molecule has 178 valence electrons. The van der Waals surface area contributed by atoms with Crippen molar-refractivity contribution in [3.63, 3.8) is 0 Å². The molecular formula is C32H29N3O. The van der Waals surface area contributed by atoms with E-state index >= 15 is 0 Å². The third-order valence-electron chi connectivity index (χ3n) is 7.34. The highest BCUT2D eigenvalue weighted by Gasteiger charge is 2.36. The zero-order valence-electron chi connectivity index (χ0n) is 20.5. The van der Waals surface area contributed by atoms with E-state index in [0.29, 0.717) is 12.2 Å². The van der Waals surface area contributed by atoms with Crippen LogP contribution in [0.15, 0.2) is 91.5 Å². The van der Waals surface area contributed by atoms with Crippen molar-refractivity contribution in [2.75, 3.05) is 4.90 Å². The van der Waals surface area contributed by atoms with Gasteiger partial charge in [0.1, 0.15) is 12.1 Å². The van der Waals surface area contributed by atoms with Crippen molar-refractivity contribution in [2.45, 2.75) is 38.6 Å². The quantitative estimate of drug-likeness (QED) is 0.287. The van der Waals surface area contributed by atoms with E-state index in [-0.39, 0.29) is 12.0 Å². The summed E-state index contributed by atoms with van der Waals surface area (Å²) in [6.45, 7) is 2.18. The molecule has 0 radical (unpaired) electrons. The van der Waals surface area contributed by atoms with Gasteiger partial charge in [-0.2, -0.15) is 0 Å². The third kappa shape index (κ3) is 4.35. The fourth-order valence-corrected chi connectivity index (χ4v) is 5.15. The van der Waals surface area contributed by atoms with E-state index in [1.165, 1.54) is 16.7 Å². The molecule has 6 rings (SSSR count). The number of Topliss-reactive ketones (excluding diaryl/α,β-unsaturated/α-hetero) is 1. The minimum absolute atomic E-state index is 0.0499. The van der Waals surface area contributed by atoms with Crippen LogP contribution in [0.2, 0.25) is 0 Å². The van der Waals surface area contributed by atoms with Crippen LogP contribution in [0.3, 0.4) is 0 Å². The number of hydrogen-bond acceptors (Lipinski definition) is 4. The minimum atomic E-state index is -0.0499. The van der Waals surface area contributed by atoms with Crippen LogP contribution < -0.4 is 4.90 Å². The monoisotopic (exact) mass is 471 g/mol. The molecule has 1 atom stereocenters. The first-order valence-electron chi connectivity index (χ1n) is 12.8. The summed E-state index contributed by atoms with van der Waals surface area (Å²) in [5, 5.41) is 0. The average molecular weight is 472 g/mol. The minimum Gasteiger partial charge on any atom is -0.333 e. The Bertz CT molecular complexity index is 1400. The number of rotatable bonds is 7. The van der Waals surface area contributed by atoms with E-state index in [4.69, 9.17) is 0 Å². The van der Waals surface area contributed by atoms with Gasteiger partial charge in [0.15, 0.2) is 0 Å². The van der Waals surface area contributed by atoms with Gasteiger partial charge in [-0.1, -0.05) is 67.6 Å². The zero-order chi connectivity index (χ0) is 24.5. The summed E-state index contributed by atoms with van der Waals surface area (Å²) in [4.78, 5) is 23.9. The molecule has 0 spiro atoms. The number of anilines is 1. The standard InChI is InChI=1S/C32H29N3O/c1-2-22-7-9-24(10-8-22)30-17-26-5-3-4-6-29(26)31(18-32(36)25-11-12-25)35(30)28-15-13-23(14-16-28)27-19-33-21-34-20-27/h3-10,13-17,19-21,25,31H,2,11-12,18H2,1H3. The highest BCUT2D eigenvalue weighted by atomic mass is 16.1. The number of carbonyl (C=O) groups is 1. The Kier molecular flexibility index (Phi) is 5.94. The SMILES string of the molecule is CCc1ccc(C2=Cc3ccccc3C(CC(=O)C3CC3)N2c2ccc(-c3cncnc3)cc2)cc1. The Hall–Kier alpha value is -4.05. The summed E-state index contributed by atoms with van der Waals surface area (Å²) >= 11 is 0. The topological polar surface area (TPSA) is 46.1 Å². The summed E-state index contributed by atoms with van der Waals surface area (Å²) in [6.07, 6.45) is 11.1. The second-order valence-electron chi connectivity index (χ2n) is 9.71. The van der Waals surface area contributed by atoms with Crippen molar-refractivity contribution in [1.82, 2.24) is 9.97 Å². The number of nitrogens with zero attached hydrogens (tertiary/aromatic N) is 3. The van der Waals surface area contributed by atoms with Gasteiger partial charge in [-0.15, -0.1) is 0 Å². The van der Waals surface area contributed by atoms with Gasteiger partial charge in [-0.3, -0.25) is 4.79 Å². The summed E-state index contributed by atoms with van der Waals surface area (Å²) in [5.41, 5.74) is 9.13. The van der Waals surface area contributed by atoms with Crippen LogP contribution in [0.25, 0.3) is 22.9 Å². The second-order valence-corrected chi connectivity index (χ2v) is 9.71. The van der Waals surface area contributed by atoms with E-state index < -0.39 is 0 Å². The van der Waals surface area contributed by atoms with Crippen LogP contribution in [0, 0.1) is 5.92 Å². The molecule has 0 bridgehead atoms. The molecule has 4 heteroatoms. The number of carbonyl (C=O) groups excluding carboxylic acids is 1. The lowest BCUT2D eigenvalue weighted by Crippen LogP contribution is -2.32. The Morgan fingerprint density at radius 2 is 1.56 bits per heavy atom. The lowest BCUT2D eigenvalue weighted by atomic mass is 9.87. The Balaban J connectivity index is 1.47. The average Bonchev–Trinajstić information content (AvgIpc) is 3.79. The molecule has 36 heavy (non-hydrogen) atoms. The van der Waals surface area contributed by atoms with Gasteiger partial charge in [-0.25, -0.2) is 9.97 Å². The summed E-state index contributed by atoms with van der Waals surface area (Å²) in [5.74, 6) is 0.609. The van der Waals surface area contributed by atoms with Gasteiger partial charge in [-0.05, 0) is 65.3 Å². The first kappa shape index (κ1) is 22.4. The Morgan fingerprint density at radius 1 is 0.861 bits per heavy atom. The fraction of sp³-hybridized carbons (Fsp3) is 0.219. The predicted molar refractivity (Wildman–Crippen MR) is 145 cm³/mol. The predicted octanol–water partition coefficient (Wildman–Crippen LogP) is 7.13. The summed E-state index contributed by atoms with van der Waals surface area (Å²) in [6, 6.07) is 25.8. The smallest absolute Gasteiger partial charge is 0.138 e. The molecule has 1 aromatic heterocycles. The summed E-state index contributed by atoms with van der Waals surface area (Å²) < 4.78 is 0. The van der Waals surface area contributed by atoms with E-state index in [2.05, 4.69) is 101 Å². The van der Waals surface area contributed by atoms with Gasteiger partial charge in [0.2, 0.25) is 0 Å². The number of ketones is 1. The van der Waals surface area contributed by atoms with E-state index in [0.717, 1.165) is 47.3 Å². The number of hydrogen-bond donors (Lipinski definition) is 0. The number of aromatic nitrogens is 2. The van der Waals surface area contributed by atoms with Crippen LogP contribution in [0.4, 0.5) is 5.69 Å². The molecule has 1 fully saturated rings. The maximum absolute atomic E-state index is 13.2. The van der Waals surface area contributed by atoms with Gasteiger partial charge in [0.05, 0.1) is 6.04 Å². The highest BCUT2D eigenvalue weighted by molar-refractivity contribution is 5.95. The molecule has 1 unspecified atom stereocenters. The van der Waals surface area contributed by atoms with Crippen LogP contribution in [-0.2, 0) is 11.2 Å². The lowest BCUT2D eigenvalue weighted by molar-refractivity contribution is -0.120. The van der Waals surface area contributed by atoms with Crippen LogP contribution >= 0.6 is 0 Å². The van der Waals surface area contributed by atoms with Crippen LogP contribution in [0.5, 0.6) is 0 Å². The highest BCUT2D eigenvalue weighted by Crippen LogP contribution is 2.45. The molecule has 1 aliphatic heterocycles. The van der Waals surface area contributed by atoms with Crippen molar-refractivity contribution < 1.29 is 4.79 Å². The number of fused-ring (bicyclic) bond motifs is 1. The first-order valence-corrected chi connectivity index (χ1v) is 12.8. The fourth-order valence-electron chi connectivity index (χ4n) is 5.15. The zero-order valence-corrected chi connectivity index (χ0v) is 20.5. The molecule has 2 aliphatic rings. The Labute approximate surface area is 212 Å². The summed E-state index contributed by atoms with van der Waals surface area (Å²) in [7, 11) is 0. The van der Waals surface area contributed by atoms with Crippen LogP contribution in [0.1, 0.15) is 54.5 Å². The molecule has 4 nitrogen and oxygen atoms in total. The number of benzene rings is 3.